The first-order valence-electron chi connectivity index (χ1n) is 10.9. The molecule has 1 atom stereocenters. The van der Waals surface area contributed by atoms with Gasteiger partial charge in [-0.05, 0) is 53.5 Å². The van der Waals surface area contributed by atoms with Crippen molar-refractivity contribution in [2.75, 3.05) is 5.32 Å². The highest BCUT2D eigenvalue weighted by atomic mass is 16.5. The molecule has 0 spiro atoms. The first kappa shape index (κ1) is 21.0. The van der Waals surface area contributed by atoms with Gasteiger partial charge in [0.1, 0.15) is 5.75 Å². The molecule has 0 aliphatic carbocycles. The summed E-state index contributed by atoms with van der Waals surface area (Å²) in [6.45, 7) is 11.0. The van der Waals surface area contributed by atoms with Gasteiger partial charge in [0.15, 0.2) is 5.75 Å². The first-order valence-corrected chi connectivity index (χ1v) is 10.9. The van der Waals surface area contributed by atoms with Crippen LogP contribution in [0.15, 0.2) is 84.9 Å². The van der Waals surface area contributed by atoms with E-state index in [0.717, 1.165) is 28.1 Å². The molecule has 0 saturated heterocycles. The Morgan fingerprint density at radius 3 is 2.23 bits per heavy atom. The van der Waals surface area contributed by atoms with Crippen molar-refractivity contribution in [1.29, 1.82) is 0 Å². The number of ether oxygens (including phenoxy) is 1. The minimum atomic E-state index is 0.112. The summed E-state index contributed by atoms with van der Waals surface area (Å²) in [7, 11) is 0. The SMILES string of the molecule is Cc1cc(C(C)(C)C)ccc1Oc1c(N[C@@H](C)c2ccccc2)ccc2ccccc12. The minimum absolute atomic E-state index is 0.112. The van der Waals surface area contributed by atoms with Crippen LogP contribution in [0.25, 0.3) is 10.8 Å². The highest BCUT2D eigenvalue weighted by molar-refractivity contribution is 5.93. The van der Waals surface area contributed by atoms with Gasteiger partial charge in [-0.3, -0.25) is 0 Å². The van der Waals surface area contributed by atoms with Crippen LogP contribution in [-0.4, -0.2) is 0 Å². The fourth-order valence-corrected chi connectivity index (χ4v) is 3.87. The van der Waals surface area contributed by atoms with E-state index in [1.54, 1.807) is 0 Å². The summed E-state index contributed by atoms with van der Waals surface area (Å²) < 4.78 is 6.60. The lowest BCUT2D eigenvalue weighted by Gasteiger charge is -2.22. The molecule has 4 rings (SSSR count). The maximum atomic E-state index is 6.60. The molecule has 0 aliphatic heterocycles. The highest BCUT2D eigenvalue weighted by Gasteiger charge is 2.17. The second-order valence-electron chi connectivity index (χ2n) is 9.27. The van der Waals surface area contributed by atoms with Gasteiger partial charge in [0.05, 0.1) is 5.69 Å². The number of fused-ring (bicyclic) bond motifs is 1. The number of aryl methyl sites for hydroxylation is 1. The molecule has 2 heteroatoms. The molecule has 2 nitrogen and oxygen atoms in total. The number of hydrogen-bond donors (Lipinski definition) is 1. The van der Waals surface area contributed by atoms with Gasteiger partial charge in [0.2, 0.25) is 0 Å². The van der Waals surface area contributed by atoms with Crippen molar-refractivity contribution in [3.8, 4) is 11.5 Å². The monoisotopic (exact) mass is 409 g/mol. The largest absolute Gasteiger partial charge is 0.454 e. The molecule has 158 valence electrons. The van der Waals surface area contributed by atoms with Crippen LogP contribution in [-0.2, 0) is 5.41 Å². The third kappa shape index (κ3) is 4.59. The van der Waals surface area contributed by atoms with E-state index in [0.29, 0.717) is 0 Å². The fraction of sp³-hybridized carbons (Fsp3) is 0.241. The third-order valence-electron chi connectivity index (χ3n) is 5.80. The van der Waals surface area contributed by atoms with E-state index in [-0.39, 0.29) is 11.5 Å². The topological polar surface area (TPSA) is 21.3 Å². The van der Waals surface area contributed by atoms with Crippen LogP contribution in [0.3, 0.4) is 0 Å². The van der Waals surface area contributed by atoms with Gasteiger partial charge in [-0.1, -0.05) is 93.6 Å². The summed E-state index contributed by atoms with van der Waals surface area (Å²) >= 11 is 0. The van der Waals surface area contributed by atoms with Gasteiger partial charge in [-0.25, -0.2) is 0 Å². The molecule has 0 fully saturated rings. The van der Waals surface area contributed by atoms with Crippen molar-refractivity contribution in [1.82, 2.24) is 0 Å². The van der Waals surface area contributed by atoms with Gasteiger partial charge >= 0.3 is 0 Å². The Morgan fingerprint density at radius 2 is 1.52 bits per heavy atom. The Labute approximate surface area is 185 Å². The predicted molar refractivity (Wildman–Crippen MR) is 132 cm³/mol. The molecular formula is C29H31NO. The van der Waals surface area contributed by atoms with E-state index in [1.807, 2.05) is 6.07 Å². The summed E-state index contributed by atoms with van der Waals surface area (Å²) in [6, 6.07) is 29.8. The number of hydrogen-bond acceptors (Lipinski definition) is 2. The molecule has 4 aromatic rings. The molecule has 0 amide bonds. The van der Waals surface area contributed by atoms with Crippen LogP contribution in [0.2, 0.25) is 0 Å². The lowest BCUT2D eigenvalue weighted by Crippen LogP contribution is -2.11. The van der Waals surface area contributed by atoms with Gasteiger partial charge in [-0.15, -0.1) is 0 Å². The summed E-state index contributed by atoms with van der Waals surface area (Å²) in [5.41, 5.74) is 4.80. The second-order valence-corrected chi connectivity index (χ2v) is 9.27. The van der Waals surface area contributed by atoms with E-state index in [9.17, 15) is 0 Å². The van der Waals surface area contributed by atoms with E-state index < -0.39 is 0 Å². The lowest BCUT2D eigenvalue weighted by atomic mass is 9.86. The average Bonchev–Trinajstić information content (AvgIpc) is 2.76. The molecule has 1 N–H and O–H groups in total. The molecule has 0 aromatic heterocycles. The van der Waals surface area contributed by atoms with E-state index in [2.05, 4.69) is 119 Å². The molecule has 31 heavy (non-hydrogen) atoms. The van der Waals surface area contributed by atoms with E-state index in [4.69, 9.17) is 4.74 Å². The van der Waals surface area contributed by atoms with E-state index in [1.165, 1.54) is 16.5 Å². The quantitative estimate of drug-likeness (QED) is 0.357. The zero-order valence-corrected chi connectivity index (χ0v) is 19.1. The summed E-state index contributed by atoms with van der Waals surface area (Å²) in [4.78, 5) is 0. The Kier molecular flexibility index (Phi) is 5.73. The Bertz CT molecular complexity index is 1190. The van der Waals surface area contributed by atoms with E-state index >= 15 is 0 Å². The molecule has 0 aliphatic rings. The fourth-order valence-electron chi connectivity index (χ4n) is 3.87. The molecule has 0 radical (unpaired) electrons. The van der Waals surface area contributed by atoms with Crippen molar-refractivity contribution in [3.05, 3.63) is 102 Å². The van der Waals surface area contributed by atoms with Crippen LogP contribution in [0.4, 0.5) is 5.69 Å². The van der Waals surface area contributed by atoms with Crippen LogP contribution >= 0.6 is 0 Å². The van der Waals surface area contributed by atoms with Crippen LogP contribution in [0.5, 0.6) is 11.5 Å². The summed E-state index contributed by atoms with van der Waals surface area (Å²) in [5.74, 6) is 1.76. The maximum Gasteiger partial charge on any atom is 0.158 e. The van der Waals surface area contributed by atoms with Gasteiger partial charge in [0.25, 0.3) is 0 Å². The normalized spacial score (nSPS) is 12.5. The Hall–Kier alpha value is -3.26. The van der Waals surface area contributed by atoms with Crippen molar-refractivity contribution in [2.45, 2.75) is 46.1 Å². The number of benzene rings is 4. The number of rotatable bonds is 5. The van der Waals surface area contributed by atoms with Crippen molar-refractivity contribution in [3.63, 3.8) is 0 Å². The number of anilines is 1. The first-order chi connectivity index (χ1) is 14.8. The van der Waals surface area contributed by atoms with Crippen molar-refractivity contribution < 1.29 is 4.74 Å². The second kappa shape index (κ2) is 8.47. The summed E-state index contributed by atoms with van der Waals surface area (Å²) in [6.07, 6.45) is 0. The maximum absolute atomic E-state index is 6.60. The molecule has 4 aromatic carbocycles. The molecule has 0 bridgehead atoms. The summed E-state index contributed by atoms with van der Waals surface area (Å²) in [5, 5.41) is 5.94. The third-order valence-corrected chi connectivity index (χ3v) is 5.80. The van der Waals surface area contributed by atoms with Crippen LogP contribution < -0.4 is 10.1 Å². The smallest absolute Gasteiger partial charge is 0.158 e. The standard InChI is InChI=1S/C29H31NO/c1-20-19-24(29(3,4)5)16-18-27(20)31-28-25-14-10-9-13-23(25)15-17-26(28)30-21(2)22-11-7-6-8-12-22/h6-19,21,30H,1-5H3/t21-/m0/s1. The predicted octanol–water partition coefficient (Wildman–Crippen LogP) is 8.41. The minimum Gasteiger partial charge on any atom is -0.454 e. The molecule has 0 heterocycles. The Morgan fingerprint density at radius 1 is 0.806 bits per heavy atom. The number of nitrogens with one attached hydrogen (secondary N) is 1. The molecule has 0 saturated carbocycles. The van der Waals surface area contributed by atoms with Crippen LogP contribution in [0.1, 0.15) is 50.4 Å². The van der Waals surface area contributed by atoms with Crippen LogP contribution in [0, 0.1) is 6.92 Å². The molecular weight excluding hydrogens is 378 g/mol. The van der Waals surface area contributed by atoms with Crippen molar-refractivity contribution >= 4 is 16.5 Å². The van der Waals surface area contributed by atoms with Gasteiger partial charge in [0, 0.05) is 11.4 Å². The highest BCUT2D eigenvalue weighted by Crippen LogP contribution is 2.40. The average molecular weight is 410 g/mol. The van der Waals surface area contributed by atoms with Gasteiger partial charge in [-0.2, -0.15) is 0 Å². The van der Waals surface area contributed by atoms with Gasteiger partial charge < -0.3 is 10.1 Å². The zero-order valence-electron chi connectivity index (χ0n) is 19.1. The lowest BCUT2D eigenvalue weighted by molar-refractivity contribution is 0.484. The van der Waals surface area contributed by atoms with Crippen molar-refractivity contribution in [2.24, 2.45) is 0 Å². The Balaban J connectivity index is 1.74. The molecule has 0 unspecified atom stereocenters. The zero-order chi connectivity index (χ0) is 22.0.